The van der Waals surface area contributed by atoms with Gasteiger partial charge in [-0.3, -0.25) is 4.79 Å². The van der Waals surface area contributed by atoms with Crippen LogP contribution in [-0.2, 0) is 42.7 Å². The first-order chi connectivity index (χ1) is 31.4. The first-order valence-electron chi connectivity index (χ1n) is 24.8. The fourth-order valence-corrected chi connectivity index (χ4v) is 15.7. The summed E-state index contributed by atoms with van der Waals surface area (Å²) in [6, 6.07) is 0. The van der Waals surface area contributed by atoms with Gasteiger partial charge in [0, 0.05) is 12.5 Å². The van der Waals surface area contributed by atoms with Gasteiger partial charge in [0.25, 0.3) is 0 Å². The molecule has 0 amide bonds. The molecular formula is C50H80O17. The Morgan fingerprint density at radius 1 is 0.687 bits per heavy atom. The molecule has 17 nitrogen and oxygen atoms in total. The van der Waals surface area contributed by atoms with Crippen molar-refractivity contribution in [2.24, 2.45) is 56.2 Å². The highest BCUT2D eigenvalue weighted by Crippen LogP contribution is 2.76. The predicted octanol–water partition coefficient (Wildman–Crippen LogP) is 2.28. The van der Waals surface area contributed by atoms with Gasteiger partial charge in [0.05, 0.1) is 44.6 Å². The van der Waals surface area contributed by atoms with E-state index in [1.54, 1.807) is 0 Å². The van der Waals surface area contributed by atoms with Crippen LogP contribution in [-0.4, -0.2) is 166 Å². The second kappa shape index (κ2) is 18.3. The van der Waals surface area contributed by atoms with Crippen LogP contribution in [0.1, 0.15) is 119 Å². The third kappa shape index (κ3) is 8.08. The van der Waals surface area contributed by atoms with Crippen LogP contribution in [0.4, 0.5) is 0 Å². The van der Waals surface area contributed by atoms with E-state index in [2.05, 4.69) is 54.5 Å². The molecular weight excluding hydrogens is 873 g/mol. The number of aliphatic hydroxyl groups excluding tert-OH is 8. The van der Waals surface area contributed by atoms with Crippen molar-refractivity contribution in [1.82, 2.24) is 0 Å². The molecule has 8 rings (SSSR count). The van der Waals surface area contributed by atoms with E-state index in [0.717, 1.165) is 64.9 Å². The van der Waals surface area contributed by atoms with Gasteiger partial charge in [-0.05, 0) is 115 Å². The van der Waals surface area contributed by atoms with Crippen LogP contribution in [0.5, 0.6) is 0 Å². The lowest BCUT2D eigenvalue weighted by Crippen LogP contribution is -2.67. The summed E-state index contributed by atoms with van der Waals surface area (Å²) in [5, 5.41) is 86.0. The van der Waals surface area contributed by atoms with Gasteiger partial charge in [0.15, 0.2) is 18.7 Å². The Balaban J connectivity index is 1.09. The number of carbonyl (C=O) groups excluding carboxylic acids is 2. The van der Waals surface area contributed by atoms with E-state index in [4.69, 9.17) is 33.2 Å². The van der Waals surface area contributed by atoms with E-state index in [1.807, 2.05) is 0 Å². The minimum absolute atomic E-state index is 0.0521. The van der Waals surface area contributed by atoms with Crippen LogP contribution in [0.25, 0.3) is 0 Å². The van der Waals surface area contributed by atoms with Crippen LogP contribution in [0.3, 0.4) is 0 Å². The van der Waals surface area contributed by atoms with Crippen molar-refractivity contribution in [2.45, 2.75) is 205 Å². The number of rotatable bonds is 10. The fraction of sp³-hybridized carbons (Fsp3) is 0.920. The number of allylic oxidation sites excluding steroid dienone is 2. The van der Waals surface area contributed by atoms with Crippen molar-refractivity contribution < 1.29 is 83.6 Å². The summed E-state index contributed by atoms with van der Waals surface area (Å²) in [4.78, 5) is 27.3. The summed E-state index contributed by atoms with van der Waals surface area (Å²) in [5.41, 5.74) is 0.264. The van der Waals surface area contributed by atoms with E-state index in [1.165, 1.54) is 12.7 Å². The maximum atomic E-state index is 13.8. The molecule has 0 bridgehead atoms. The molecule has 2 heterocycles. The summed E-state index contributed by atoms with van der Waals surface area (Å²) in [7, 11) is 2.66. The highest BCUT2D eigenvalue weighted by atomic mass is 16.8. The lowest BCUT2D eigenvalue weighted by molar-refractivity contribution is -0.357. The number of hydrogen-bond donors (Lipinski definition) is 8. The molecule has 0 aromatic heterocycles. The predicted molar refractivity (Wildman–Crippen MR) is 237 cm³/mol. The summed E-state index contributed by atoms with van der Waals surface area (Å²) in [6.45, 7) is 15.3. The molecule has 2 aliphatic heterocycles. The Labute approximate surface area is 394 Å². The molecule has 0 aromatic carbocycles. The van der Waals surface area contributed by atoms with Gasteiger partial charge in [0.1, 0.15) is 48.8 Å². The van der Waals surface area contributed by atoms with E-state index >= 15 is 0 Å². The Bertz CT molecular complexity index is 1860. The monoisotopic (exact) mass is 953 g/mol. The first-order valence-corrected chi connectivity index (χ1v) is 24.8. The third-order valence-corrected chi connectivity index (χ3v) is 19.9. The zero-order valence-electron chi connectivity index (χ0n) is 40.9. The van der Waals surface area contributed by atoms with Crippen LogP contribution in [0.2, 0.25) is 0 Å². The third-order valence-electron chi connectivity index (χ3n) is 19.9. The van der Waals surface area contributed by atoms with Gasteiger partial charge >= 0.3 is 11.9 Å². The van der Waals surface area contributed by atoms with Crippen LogP contribution >= 0.6 is 0 Å². The molecule has 8 N–H and O–H groups in total. The van der Waals surface area contributed by atoms with E-state index < -0.39 is 122 Å². The van der Waals surface area contributed by atoms with Crippen molar-refractivity contribution in [3.8, 4) is 0 Å². The summed E-state index contributed by atoms with van der Waals surface area (Å²) in [6.07, 6.45) is -9.83. The summed E-state index contributed by atoms with van der Waals surface area (Å²) >= 11 is 0. The second-order valence-electron chi connectivity index (χ2n) is 23.9. The van der Waals surface area contributed by atoms with Crippen LogP contribution < -0.4 is 0 Å². The fourth-order valence-electron chi connectivity index (χ4n) is 15.7. The van der Waals surface area contributed by atoms with Gasteiger partial charge in [-0.2, -0.15) is 0 Å². The van der Waals surface area contributed by atoms with Crippen LogP contribution in [0.15, 0.2) is 11.6 Å². The molecule has 6 aliphatic carbocycles. The molecule has 22 atom stereocenters. The highest BCUT2D eigenvalue weighted by Gasteiger charge is 2.70. The van der Waals surface area contributed by atoms with Crippen molar-refractivity contribution in [2.75, 3.05) is 27.4 Å². The molecule has 0 aromatic rings. The summed E-state index contributed by atoms with van der Waals surface area (Å²) in [5.74, 6) is -1.30. The number of esters is 2. The topological polar surface area (TPSA) is 261 Å². The molecule has 0 radical (unpaired) electrons. The van der Waals surface area contributed by atoms with Crippen molar-refractivity contribution in [3.63, 3.8) is 0 Å². The molecule has 2 saturated heterocycles. The molecule has 8 aliphatic rings. The Morgan fingerprint density at radius 3 is 2.03 bits per heavy atom. The van der Waals surface area contributed by atoms with E-state index in [0.29, 0.717) is 12.3 Å². The van der Waals surface area contributed by atoms with Gasteiger partial charge in [-0.15, -0.1) is 0 Å². The number of carbonyl (C=O) groups is 2. The number of fused-ring (bicyclic) bond motifs is 7. The van der Waals surface area contributed by atoms with Crippen LogP contribution in [0, 0.1) is 56.2 Å². The highest BCUT2D eigenvalue weighted by molar-refractivity contribution is 5.78. The van der Waals surface area contributed by atoms with Crippen molar-refractivity contribution in [3.05, 3.63) is 11.6 Å². The van der Waals surface area contributed by atoms with Crippen molar-refractivity contribution >= 4 is 11.9 Å². The minimum atomic E-state index is -1.81. The SMILES string of the molecule is COC(=O)C1OC(OC2CCC3(C)C(CCC4(C)C3CC=C3C5CC(C)(C)CCC5(C(=O)OC)CCC34C)C2(C)C)C(OC2CC(CO)C(O)C(O)C2O)C(O)C1OC1OC(CO)C(O)C1O. The minimum Gasteiger partial charge on any atom is -0.469 e. The number of methoxy groups -OCH3 is 2. The first kappa shape index (κ1) is 51.5. The Hall–Kier alpha value is -1.84. The Kier molecular flexibility index (Phi) is 14.1. The zero-order valence-corrected chi connectivity index (χ0v) is 40.9. The standard InChI is InChI=1S/C50H80O17/c1-45(2)16-18-50(44(60)62-9)19-17-48(6)25(26(50)21-45)10-11-30-47(5)14-13-31(46(3,4)29(47)12-15-49(30,48)7)65-43-39(63-27-20-24(22-51)32(53)35(56)33(27)54)37(58)38(40(67-43)41(59)61-8)66-42-36(57)34(55)28(23-52)64-42/h10,24,26-40,42-43,51-58H,11-23H2,1-9H3. The quantitative estimate of drug-likeness (QED) is 0.0888. The molecule has 17 heteroatoms. The van der Waals surface area contributed by atoms with Gasteiger partial charge in [-0.25, -0.2) is 4.79 Å². The zero-order chi connectivity index (χ0) is 49.0. The molecule has 0 spiro atoms. The molecule has 5 saturated carbocycles. The Morgan fingerprint density at radius 2 is 1.39 bits per heavy atom. The lowest BCUT2D eigenvalue weighted by Gasteiger charge is -2.71. The molecule has 7 fully saturated rings. The largest absolute Gasteiger partial charge is 0.469 e. The molecule has 67 heavy (non-hydrogen) atoms. The molecule has 22 unspecified atom stereocenters. The van der Waals surface area contributed by atoms with E-state index in [-0.39, 0.29) is 45.9 Å². The summed E-state index contributed by atoms with van der Waals surface area (Å²) < 4.78 is 42.1. The normalized spacial score (nSPS) is 51.3. The molecule has 382 valence electrons. The van der Waals surface area contributed by atoms with Gasteiger partial charge in [-0.1, -0.05) is 60.1 Å². The second-order valence-corrected chi connectivity index (χ2v) is 23.9. The lowest BCUT2D eigenvalue weighted by atomic mass is 9.33. The number of aliphatic hydroxyl groups is 8. The van der Waals surface area contributed by atoms with E-state index in [9.17, 15) is 50.4 Å². The smallest absolute Gasteiger partial charge is 0.337 e. The average molecular weight is 953 g/mol. The maximum Gasteiger partial charge on any atom is 0.337 e. The van der Waals surface area contributed by atoms with Gasteiger partial charge < -0.3 is 74.0 Å². The maximum absolute atomic E-state index is 13.8. The van der Waals surface area contributed by atoms with Crippen molar-refractivity contribution in [1.29, 1.82) is 0 Å². The number of ether oxygens (including phenoxy) is 7. The van der Waals surface area contributed by atoms with Gasteiger partial charge in [0.2, 0.25) is 0 Å². The number of hydrogen-bond acceptors (Lipinski definition) is 17. The average Bonchev–Trinajstić information content (AvgIpc) is 3.56.